The van der Waals surface area contributed by atoms with Gasteiger partial charge in [-0.25, -0.2) is 0 Å². The summed E-state index contributed by atoms with van der Waals surface area (Å²) in [5, 5.41) is 84.9. The number of aliphatic hydroxyl groups is 8. The first kappa shape index (κ1) is 33.3. The van der Waals surface area contributed by atoms with Crippen molar-refractivity contribution in [1.82, 2.24) is 5.32 Å². The standard InChI is InChI=1S/C22H43N5O13/c23-2-1-8(29)20(36)27-7-3-6(25)18(39-22-16(34)15(33)13(31)9(4-24)37-22)17(35)19(7)40-21-14(32)11(26)12(30)10(5-28)38-21/h6-19,21-22,28-35H,1-5,23-26H2,(H,27,36)/t6-,7?,8-,9+,10+,11-,12+,13+,14+,15-,16+,17-,18+,19-,21+,22+/m0/s1. The van der Waals surface area contributed by atoms with Gasteiger partial charge in [-0.1, -0.05) is 0 Å². The predicted octanol–water partition coefficient (Wildman–Crippen LogP) is -8.42. The number of hydrogen-bond acceptors (Lipinski definition) is 17. The fraction of sp³-hybridized carbons (Fsp3) is 0.955. The van der Waals surface area contributed by atoms with Crippen LogP contribution >= 0.6 is 0 Å². The van der Waals surface area contributed by atoms with E-state index in [2.05, 4.69) is 5.32 Å². The fourth-order valence-electron chi connectivity index (χ4n) is 5.07. The van der Waals surface area contributed by atoms with Crippen molar-refractivity contribution in [1.29, 1.82) is 0 Å². The summed E-state index contributed by atoms with van der Waals surface area (Å²) in [6.07, 6.45) is -19.8. The summed E-state index contributed by atoms with van der Waals surface area (Å²) >= 11 is 0. The third kappa shape index (κ3) is 7.06. The average molecular weight is 586 g/mol. The molecule has 1 unspecified atom stereocenters. The van der Waals surface area contributed by atoms with E-state index in [-0.39, 0.29) is 25.9 Å². The van der Waals surface area contributed by atoms with Gasteiger partial charge < -0.3 is 88.1 Å². The van der Waals surface area contributed by atoms with E-state index in [4.69, 9.17) is 41.9 Å². The Morgan fingerprint density at radius 2 is 1.45 bits per heavy atom. The van der Waals surface area contributed by atoms with E-state index in [0.717, 1.165) is 0 Å². The van der Waals surface area contributed by atoms with Crippen molar-refractivity contribution in [3.8, 4) is 0 Å². The molecule has 18 nitrogen and oxygen atoms in total. The highest BCUT2D eigenvalue weighted by molar-refractivity contribution is 5.80. The summed E-state index contributed by atoms with van der Waals surface area (Å²) in [4.78, 5) is 12.6. The Bertz CT molecular complexity index is 815. The van der Waals surface area contributed by atoms with Crippen molar-refractivity contribution >= 4 is 5.91 Å². The number of amides is 1. The average Bonchev–Trinajstić information content (AvgIpc) is 2.92. The Morgan fingerprint density at radius 3 is 2.05 bits per heavy atom. The van der Waals surface area contributed by atoms with Crippen LogP contribution in [0.4, 0.5) is 0 Å². The zero-order valence-electron chi connectivity index (χ0n) is 21.7. The molecule has 0 radical (unpaired) electrons. The fourth-order valence-corrected chi connectivity index (χ4v) is 5.07. The van der Waals surface area contributed by atoms with Gasteiger partial charge in [0.2, 0.25) is 5.91 Å². The molecule has 234 valence electrons. The van der Waals surface area contributed by atoms with Crippen LogP contribution in [0.1, 0.15) is 12.8 Å². The number of rotatable bonds is 10. The largest absolute Gasteiger partial charge is 0.394 e. The van der Waals surface area contributed by atoms with Gasteiger partial charge in [-0.2, -0.15) is 0 Å². The lowest BCUT2D eigenvalue weighted by Gasteiger charge is -2.49. The van der Waals surface area contributed by atoms with Crippen molar-refractivity contribution in [2.45, 2.75) is 111 Å². The molecule has 0 aromatic carbocycles. The number of ether oxygens (including phenoxy) is 4. The molecule has 2 heterocycles. The van der Waals surface area contributed by atoms with E-state index in [0.29, 0.717) is 0 Å². The van der Waals surface area contributed by atoms with Crippen LogP contribution in [0.25, 0.3) is 0 Å². The summed E-state index contributed by atoms with van der Waals surface area (Å²) in [6.45, 7) is -0.898. The molecule has 1 amide bonds. The highest BCUT2D eigenvalue weighted by Gasteiger charge is 2.52. The monoisotopic (exact) mass is 585 g/mol. The Labute approximate surface area is 229 Å². The molecule has 3 aliphatic rings. The molecule has 0 aromatic rings. The molecule has 0 spiro atoms. The second-order valence-electron chi connectivity index (χ2n) is 10.3. The van der Waals surface area contributed by atoms with Crippen molar-refractivity contribution in [2.24, 2.45) is 22.9 Å². The number of carbonyl (C=O) groups is 1. The van der Waals surface area contributed by atoms with Gasteiger partial charge >= 0.3 is 0 Å². The maximum atomic E-state index is 12.6. The molecule has 18 heteroatoms. The van der Waals surface area contributed by atoms with Gasteiger partial charge in [-0.3, -0.25) is 4.79 Å². The smallest absolute Gasteiger partial charge is 0.249 e. The van der Waals surface area contributed by atoms with Gasteiger partial charge in [0, 0.05) is 12.6 Å². The zero-order chi connectivity index (χ0) is 29.9. The van der Waals surface area contributed by atoms with E-state index >= 15 is 0 Å². The maximum absolute atomic E-state index is 12.6. The Morgan fingerprint density at radius 1 is 0.850 bits per heavy atom. The van der Waals surface area contributed by atoms with Crippen LogP contribution < -0.4 is 28.3 Å². The summed E-state index contributed by atoms with van der Waals surface area (Å²) in [5.74, 6) is -0.845. The number of aliphatic hydroxyl groups excluding tert-OH is 8. The number of hydrogen-bond donors (Lipinski definition) is 13. The van der Waals surface area contributed by atoms with Crippen molar-refractivity contribution < 1.29 is 64.6 Å². The third-order valence-corrected chi connectivity index (χ3v) is 7.51. The SMILES string of the molecule is NCC[C@H](O)C(=O)NC1C[C@H](N)[C@@H](O[C@H]2O[C@H](CN)[C@@H](O)[C@H](O)[C@H]2O)[C@H](O)[C@H]1O[C@H]1O[C@H](CO)[C@@H](O)[C@H](N)[C@H]1O. The predicted molar refractivity (Wildman–Crippen MR) is 131 cm³/mol. The lowest BCUT2D eigenvalue weighted by atomic mass is 9.83. The van der Waals surface area contributed by atoms with E-state index in [1.807, 2.05) is 0 Å². The number of nitrogens with one attached hydrogen (secondary N) is 1. The maximum Gasteiger partial charge on any atom is 0.249 e. The van der Waals surface area contributed by atoms with Gasteiger partial charge in [0.1, 0.15) is 67.1 Å². The first-order valence-corrected chi connectivity index (χ1v) is 13.1. The van der Waals surface area contributed by atoms with E-state index in [1.165, 1.54) is 0 Å². The van der Waals surface area contributed by atoms with Gasteiger partial charge in [0.25, 0.3) is 0 Å². The third-order valence-electron chi connectivity index (χ3n) is 7.51. The molecule has 1 aliphatic carbocycles. The van der Waals surface area contributed by atoms with Gasteiger partial charge in [-0.15, -0.1) is 0 Å². The normalized spacial score (nSPS) is 47.0. The summed E-state index contributed by atoms with van der Waals surface area (Å²) in [7, 11) is 0. The van der Waals surface area contributed by atoms with Crippen LogP contribution in [0, 0.1) is 0 Å². The number of carbonyl (C=O) groups excluding carboxylic acids is 1. The van der Waals surface area contributed by atoms with E-state index in [1.54, 1.807) is 0 Å². The van der Waals surface area contributed by atoms with Gasteiger partial charge in [-0.05, 0) is 19.4 Å². The minimum atomic E-state index is -1.76. The van der Waals surface area contributed by atoms with Crippen molar-refractivity contribution in [3.63, 3.8) is 0 Å². The zero-order valence-corrected chi connectivity index (χ0v) is 21.7. The molecule has 2 aliphatic heterocycles. The van der Waals surface area contributed by atoms with E-state index < -0.39 is 110 Å². The van der Waals surface area contributed by atoms with Crippen LogP contribution in [0.2, 0.25) is 0 Å². The van der Waals surface area contributed by atoms with Crippen molar-refractivity contribution in [3.05, 3.63) is 0 Å². The molecule has 3 fully saturated rings. The molecular weight excluding hydrogens is 542 g/mol. The molecule has 0 bridgehead atoms. The quantitative estimate of drug-likeness (QED) is 0.113. The lowest BCUT2D eigenvalue weighted by Crippen LogP contribution is -2.69. The molecule has 17 N–H and O–H groups in total. The summed E-state index contributed by atoms with van der Waals surface area (Å²) in [6, 6.07) is -3.45. The topological polar surface area (TPSA) is 332 Å². The van der Waals surface area contributed by atoms with Crippen LogP contribution in [-0.4, -0.2) is 164 Å². The second kappa shape index (κ2) is 14.3. The number of nitrogens with two attached hydrogens (primary N) is 4. The van der Waals surface area contributed by atoms with Crippen LogP contribution in [0.3, 0.4) is 0 Å². The summed E-state index contributed by atoms with van der Waals surface area (Å²) < 4.78 is 22.5. The van der Waals surface area contributed by atoms with Crippen LogP contribution in [0.15, 0.2) is 0 Å². The molecule has 16 atom stereocenters. The first-order chi connectivity index (χ1) is 18.9. The highest BCUT2D eigenvalue weighted by atomic mass is 16.7. The van der Waals surface area contributed by atoms with Gasteiger partial charge in [0.05, 0.1) is 18.7 Å². The van der Waals surface area contributed by atoms with Crippen molar-refractivity contribution in [2.75, 3.05) is 19.7 Å². The van der Waals surface area contributed by atoms with Crippen LogP contribution in [0.5, 0.6) is 0 Å². The Hall–Kier alpha value is -1.17. The van der Waals surface area contributed by atoms with E-state index in [9.17, 15) is 45.6 Å². The molecule has 0 aromatic heterocycles. The molecule has 3 rings (SSSR count). The minimum absolute atomic E-state index is 0.0101. The second-order valence-corrected chi connectivity index (χ2v) is 10.3. The Kier molecular flexibility index (Phi) is 11.9. The van der Waals surface area contributed by atoms with Crippen LogP contribution in [-0.2, 0) is 23.7 Å². The Balaban J connectivity index is 1.85. The molecular formula is C22H43N5O13. The lowest BCUT2D eigenvalue weighted by molar-refractivity contribution is -0.332. The molecule has 40 heavy (non-hydrogen) atoms. The molecule has 2 saturated heterocycles. The first-order valence-electron chi connectivity index (χ1n) is 13.1. The van der Waals surface area contributed by atoms with Gasteiger partial charge in [0.15, 0.2) is 12.6 Å². The molecule has 1 saturated carbocycles. The summed E-state index contributed by atoms with van der Waals surface area (Å²) in [5.41, 5.74) is 23.1. The minimum Gasteiger partial charge on any atom is -0.394 e. The highest BCUT2D eigenvalue weighted by Crippen LogP contribution is 2.32.